The van der Waals surface area contributed by atoms with Gasteiger partial charge < -0.3 is 25.1 Å². The Hall–Kier alpha value is -3.95. The Bertz CT molecular complexity index is 1260. The highest BCUT2D eigenvalue weighted by Gasteiger charge is 2.56. The second-order valence-electron chi connectivity index (χ2n) is 11.0. The largest absolute Gasteiger partial charge is 0.480 e. The average Bonchev–Trinajstić information content (AvgIpc) is 3.18. The van der Waals surface area contributed by atoms with E-state index in [9.17, 15) is 28.7 Å². The number of nitrogens with zero attached hydrogens (tertiary/aromatic N) is 3. The van der Waals surface area contributed by atoms with Gasteiger partial charge in [-0.2, -0.15) is 0 Å². The topological polar surface area (TPSA) is 110 Å². The molecule has 0 radical (unpaired) electrons. The van der Waals surface area contributed by atoms with Crippen LogP contribution in [0.2, 0.25) is 0 Å². The maximum absolute atomic E-state index is 13.9. The first-order chi connectivity index (χ1) is 19.0. The normalized spacial score (nSPS) is 18.2. The number of rotatable bonds is 8. The number of carboxylic acid groups (broad SMARTS) is 1. The van der Waals surface area contributed by atoms with Crippen molar-refractivity contribution in [1.29, 1.82) is 0 Å². The first-order valence-corrected chi connectivity index (χ1v) is 13.7. The predicted octanol–water partition coefficient (Wildman–Crippen LogP) is 3.42. The fourth-order valence-corrected chi connectivity index (χ4v) is 5.82. The molecule has 9 nitrogen and oxygen atoms in total. The smallest absolute Gasteiger partial charge is 0.326 e. The number of amides is 3. The van der Waals surface area contributed by atoms with Gasteiger partial charge >= 0.3 is 5.97 Å². The maximum Gasteiger partial charge on any atom is 0.326 e. The van der Waals surface area contributed by atoms with Crippen LogP contribution in [-0.4, -0.2) is 76.0 Å². The number of hydrogen-bond donors (Lipinski definition) is 2. The number of piperidine rings is 1. The Labute approximate surface area is 233 Å². The number of hydrogen-bond acceptors (Lipinski definition) is 5. The van der Waals surface area contributed by atoms with Crippen molar-refractivity contribution in [2.75, 3.05) is 24.7 Å². The van der Waals surface area contributed by atoms with Gasteiger partial charge in [0.1, 0.15) is 23.4 Å². The molecule has 1 spiro atoms. The standard InChI is InChI=1S/C30H37FN4O5/c1-5-24(28(38)39)34-18-35(23-9-7-6-8-10-23)30(29(34)40)11-13-33(14-12-30)27(37)25(19(2)3)32-26(36)21-15-20(4)16-22(31)17-21/h6-10,15-17,19,24-25H,5,11-14,18H2,1-4H3,(H,32,36)(H,38,39)/t24-,25?/m1/s1. The van der Waals surface area contributed by atoms with Crippen LogP contribution in [0.4, 0.5) is 10.1 Å². The number of anilines is 1. The van der Waals surface area contributed by atoms with Crippen molar-refractivity contribution in [2.24, 2.45) is 5.92 Å². The van der Waals surface area contributed by atoms with Gasteiger partial charge in [0.25, 0.3) is 11.8 Å². The van der Waals surface area contributed by atoms with E-state index in [1.54, 1.807) is 24.8 Å². The Morgan fingerprint density at radius 1 is 1.07 bits per heavy atom. The molecule has 2 aliphatic heterocycles. The van der Waals surface area contributed by atoms with Gasteiger partial charge in [-0.3, -0.25) is 14.4 Å². The lowest BCUT2D eigenvalue weighted by Gasteiger charge is -2.44. The van der Waals surface area contributed by atoms with E-state index in [2.05, 4.69) is 5.32 Å². The molecule has 2 aromatic carbocycles. The molecule has 2 fully saturated rings. The number of likely N-dealkylation sites (tertiary alicyclic amines) is 1. The summed E-state index contributed by atoms with van der Waals surface area (Å²) in [6.07, 6.45) is 0.923. The zero-order valence-electron chi connectivity index (χ0n) is 23.4. The molecule has 2 aromatic rings. The summed E-state index contributed by atoms with van der Waals surface area (Å²) < 4.78 is 13.9. The third-order valence-corrected chi connectivity index (χ3v) is 8.01. The molecular formula is C30H37FN4O5. The number of aliphatic carboxylic acids is 1. The van der Waals surface area contributed by atoms with Crippen LogP contribution in [-0.2, 0) is 14.4 Å². The number of nitrogens with one attached hydrogen (secondary N) is 1. The molecule has 40 heavy (non-hydrogen) atoms. The van der Waals surface area contributed by atoms with Crippen LogP contribution in [0.1, 0.15) is 56.0 Å². The number of carbonyl (C=O) groups is 4. The number of halogens is 1. The Morgan fingerprint density at radius 2 is 1.73 bits per heavy atom. The summed E-state index contributed by atoms with van der Waals surface area (Å²) in [6.45, 7) is 7.79. The highest BCUT2D eigenvalue weighted by atomic mass is 19.1. The van der Waals surface area contributed by atoms with Crippen molar-refractivity contribution in [3.63, 3.8) is 0 Å². The van der Waals surface area contributed by atoms with E-state index in [0.29, 0.717) is 18.4 Å². The van der Waals surface area contributed by atoms with Crippen molar-refractivity contribution < 1.29 is 28.7 Å². The van der Waals surface area contributed by atoms with E-state index in [1.807, 2.05) is 49.1 Å². The second kappa shape index (κ2) is 11.7. The lowest BCUT2D eigenvalue weighted by molar-refractivity contribution is -0.150. The summed E-state index contributed by atoms with van der Waals surface area (Å²) in [7, 11) is 0. The summed E-state index contributed by atoms with van der Waals surface area (Å²) in [5.41, 5.74) is 0.588. The van der Waals surface area contributed by atoms with Gasteiger partial charge in [0.05, 0.1) is 6.67 Å². The SMILES string of the molecule is CC[C@H](C(=O)O)N1CN(c2ccccc2)C2(CCN(C(=O)C(NC(=O)c3cc(C)cc(F)c3)C(C)C)CC2)C1=O. The fraction of sp³-hybridized carbons (Fsp3) is 0.467. The van der Waals surface area contributed by atoms with Gasteiger partial charge in [0.15, 0.2) is 0 Å². The van der Waals surface area contributed by atoms with E-state index in [1.165, 1.54) is 11.0 Å². The Kier molecular flexibility index (Phi) is 8.46. The van der Waals surface area contributed by atoms with Crippen LogP contribution in [0.25, 0.3) is 0 Å². The molecule has 10 heteroatoms. The molecule has 2 saturated heterocycles. The van der Waals surface area contributed by atoms with Crippen molar-refractivity contribution in [3.05, 3.63) is 65.5 Å². The third-order valence-electron chi connectivity index (χ3n) is 8.01. The Morgan fingerprint density at radius 3 is 2.27 bits per heavy atom. The third kappa shape index (κ3) is 5.52. The van der Waals surface area contributed by atoms with E-state index >= 15 is 0 Å². The zero-order chi connectivity index (χ0) is 29.2. The van der Waals surface area contributed by atoms with E-state index in [-0.39, 0.29) is 49.5 Å². The molecule has 3 amide bonds. The molecule has 2 aliphatic rings. The number of carboxylic acids is 1. The quantitative estimate of drug-likeness (QED) is 0.520. The number of para-hydroxylation sites is 1. The van der Waals surface area contributed by atoms with E-state index < -0.39 is 35.3 Å². The maximum atomic E-state index is 13.9. The summed E-state index contributed by atoms with van der Waals surface area (Å²) in [5.74, 6) is -2.83. The number of aryl methyl sites for hydroxylation is 1. The first-order valence-electron chi connectivity index (χ1n) is 13.7. The molecule has 2 heterocycles. The minimum atomic E-state index is -1.04. The second-order valence-corrected chi connectivity index (χ2v) is 11.0. The van der Waals surface area contributed by atoms with E-state index in [4.69, 9.17) is 0 Å². The van der Waals surface area contributed by atoms with Crippen LogP contribution in [0.15, 0.2) is 48.5 Å². The van der Waals surface area contributed by atoms with Crippen LogP contribution >= 0.6 is 0 Å². The molecule has 214 valence electrons. The van der Waals surface area contributed by atoms with Crippen LogP contribution in [0.5, 0.6) is 0 Å². The van der Waals surface area contributed by atoms with Crippen LogP contribution in [0, 0.1) is 18.7 Å². The summed E-state index contributed by atoms with van der Waals surface area (Å²) in [6, 6.07) is 11.7. The van der Waals surface area contributed by atoms with Crippen molar-refractivity contribution in [1.82, 2.24) is 15.1 Å². The molecule has 0 saturated carbocycles. The highest BCUT2D eigenvalue weighted by Crippen LogP contribution is 2.40. The minimum Gasteiger partial charge on any atom is -0.480 e. The molecule has 0 bridgehead atoms. The Balaban J connectivity index is 1.54. The predicted molar refractivity (Wildman–Crippen MR) is 148 cm³/mol. The zero-order valence-corrected chi connectivity index (χ0v) is 23.4. The van der Waals surface area contributed by atoms with Crippen LogP contribution < -0.4 is 10.2 Å². The van der Waals surface area contributed by atoms with Crippen molar-refractivity contribution >= 4 is 29.4 Å². The minimum absolute atomic E-state index is 0.146. The monoisotopic (exact) mass is 552 g/mol. The van der Waals surface area contributed by atoms with Gasteiger partial charge in [-0.05, 0) is 68.0 Å². The van der Waals surface area contributed by atoms with E-state index in [0.717, 1.165) is 11.8 Å². The summed E-state index contributed by atoms with van der Waals surface area (Å²) in [4.78, 5) is 57.5. The van der Waals surface area contributed by atoms with Gasteiger partial charge in [-0.25, -0.2) is 9.18 Å². The van der Waals surface area contributed by atoms with Crippen LogP contribution in [0.3, 0.4) is 0 Å². The summed E-state index contributed by atoms with van der Waals surface area (Å²) >= 11 is 0. The van der Waals surface area contributed by atoms with Gasteiger partial charge in [0.2, 0.25) is 5.91 Å². The molecule has 2 N–H and O–H groups in total. The lowest BCUT2D eigenvalue weighted by Crippen LogP contribution is -2.60. The first kappa shape index (κ1) is 29.0. The highest BCUT2D eigenvalue weighted by molar-refractivity contribution is 5.98. The molecule has 2 atom stereocenters. The molecule has 0 aromatic heterocycles. The molecule has 1 unspecified atom stereocenters. The molecule has 0 aliphatic carbocycles. The van der Waals surface area contributed by atoms with Crippen molar-refractivity contribution in [2.45, 2.75) is 64.6 Å². The van der Waals surface area contributed by atoms with Gasteiger partial charge in [-0.15, -0.1) is 0 Å². The van der Waals surface area contributed by atoms with Crippen molar-refractivity contribution in [3.8, 4) is 0 Å². The number of carbonyl (C=O) groups excluding carboxylic acids is 3. The molecule has 4 rings (SSSR count). The van der Waals surface area contributed by atoms with Gasteiger partial charge in [-0.1, -0.05) is 39.0 Å². The average molecular weight is 553 g/mol. The fourth-order valence-electron chi connectivity index (χ4n) is 5.82. The number of benzene rings is 2. The summed E-state index contributed by atoms with van der Waals surface area (Å²) in [5, 5.41) is 12.6. The lowest BCUT2D eigenvalue weighted by atomic mass is 9.84. The van der Waals surface area contributed by atoms with Gasteiger partial charge in [0, 0.05) is 24.3 Å². The molecular weight excluding hydrogens is 515 g/mol.